The van der Waals surface area contributed by atoms with Crippen LogP contribution < -0.4 is 29.7 Å². The molecule has 4 rings (SSSR count). The quantitative estimate of drug-likeness (QED) is 0.450. The van der Waals surface area contributed by atoms with Gasteiger partial charge < -0.3 is 34.6 Å². The van der Waals surface area contributed by atoms with Gasteiger partial charge in [0.05, 0.1) is 32.3 Å². The summed E-state index contributed by atoms with van der Waals surface area (Å²) in [7, 11) is 6.62. The summed E-state index contributed by atoms with van der Waals surface area (Å²) >= 11 is 0. The number of ether oxygens (including phenoxy) is 3. The number of hydrogen-bond acceptors (Lipinski definition) is 9. The highest BCUT2D eigenvalue weighted by Gasteiger charge is 2.18. The summed E-state index contributed by atoms with van der Waals surface area (Å²) in [5, 5.41) is 5.67. The van der Waals surface area contributed by atoms with Crippen LogP contribution in [0.5, 0.6) is 17.2 Å². The number of rotatable bonds is 9. The number of anilines is 3. The lowest BCUT2D eigenvalue weighted by Crippen LogP contribution is -2.44. The number of likely N-dealkylation sites (N-methyl/N-ethyl adjacent to an activating group) is 1. The average Bonchev–Trinajstić information content (AvgIpc) is 2.93. The number of carbonyl (C=O) groups excluding carboxylic acids is 1. The molecule has 10 nitrogen and oxygen atoms in total. The summed E-state index contributed by atoms with van der Waals surface area (Å²) in [5.74, 6) is 0.499. The molecule has 0 bridgehead atoms. The Bertz CT molecular complexity index is 1230. The highest BCUT2D eigenvalue weighted by atomic mass is 19.1. The van der Waals surface area contributed by atoms with E-state index in [9.17, 15) is 9.18 Å². The van der Waals surface area contributed by atoms with Gasteiger partial charge in [-0.15, -0.1) is 0 Å². The number of hydrogen-bond donors (Lipinski definition) is 2. The van der Waals surface area contributed by atoms with Gasteiger partial charge >= 0.3 is 0 Å². The van der Waals surface area contributed by atoms with E-state index in [4.69, 9.17) is 14.2 Å². The van der Waals surface area contributed by atoms with Crippen molar-refractivity contribution in [2.75, 3.05) is 64.7 Å². The fourth-order valence-electron chi connectivity index (χ4n) is 3.99. The number of benzene rings is 2. The molecule has 2 heterocycles. The predicted molar refractivity (Wildman–Crippen MR) is 139 cm³/mol. The zero-order valence-corrected chi connectivity index (χ0v) is 21.4. The molecule has 37 heavy (non-hydrogen) atoms. The average molecular weight is 511 g/mol. The molecule has 1 aliphatic heterocycles. The van der Waals surface area contributed by atoms with Gasteiger partial charge in [0.15, 0.2) is 17.3 Å². The van der Waals surface area contributed by atoms with Gasteiger partial charge in [-0.1, -0.05) is 0 Å². The number of amides is 1. The van der Waals surface area contributed by atoms with Gasteiger partial charge in [0, 0.05) is 56.1 Å². The number of piperazine rings is 1. The summed E-state index contributed by atoms with van der Waals surface area (Å²) in [6, 6.07) is 8.66. The van der Waals surface area contributed by atoms with Crippen molar-refractivity contribution in [1.82, 2.24) is 20.2 Å². The molecular formula is C26H31FN6O4. The fourth-order valence-corrected chi connectivity index (χ4v) is 3.99. The second-order valence-electron chi connectivity index (χ2n) is 8.56. The molecule has 1 saturated heterocycles. The first kappa shape index (κ1) is 26.0. The first-order valence-electron chi connectivity index (χ1n) is 11.8. The molecule has 0 spiro atoms. The maximum absolute atomic E-state index is 14.7. The summed E-state index contributed by atoms with van der Waals surface area (Å²) in [5.41, 5.74) is 2.27. The van der Waals surface area contributed by atoms with Crippen molar-refractivity contribution in [1.29, 1.82) is 0 Å². The summed E-state index contributed by atoms with van der Waals surface area (Å²) < 4.78 is 31.0. The number of nitrogens with one attached hydrogen (secondary N) is 2. The fraction of sp³-hybridized carbons (Fsp3) is 0.346. The molecule has 2 aromatic carbocycles. The summed E-state index contributed by atoms with van der Waals surface area (Å²) in [6.07, 6.45) is 2.98. The molecule has 0 atom stereocenters. The SMILES string of the molecule is CNC(=O)c1cc(COc2cnc(Nc3ccc(N4CCN(C)CC4)c(OC)c3)nc2)c(F)c(OC)c1. The van der Waals surface area contributed by atoms with Crippen molar-refractivity contribution in [3.63, 3.8) is 0 Å². The van der Waals surface area contributed by atoms with Crippen molar-refractivity contribution in [3.05, 3.63) is 59.7 Å². The Morgan fingerprint density at radius 2 is 1.73 bits per heavy atom. The van der Waals surface area contributed by atoms with E-state index >= 15 is 0 Å². The molecule has 2 N–H and O–H groups in total. The Morgan fingerprint density at radius 3 is 2.38 bits per heavy atom. The second kappa shape index (κ2) is 11.7. The van der Waals surface area contributed by atoms with Crippen molar-refractivity contribution < 1.29 is 23.4 Å². The topological polar surface area (TPSA) is 101 Å². The minimum Gasteiger partial charge on any atom is -0.495 e. The van der Waals surface area contributed by atoms with Gasteiger partial charge in [0.25, 0.3) is 5.91 Å². The van der Waals surface area contributed by atoms with Gasteiger partial charge in [-0.25, -0.2) is 14.4 Å². The van der Waals surface area contributed by atoms with Crippen LogP contribution in [0.15, 0.2) is 42.7 Å². The van der Waals surface area contributed by atoms with Crippen LogP contribution in [0, 0.1) is 5.82 Å². The number of nitrogens with zero attached hydrogens (tertiary/aromatic N) is 4. The van der Waals surface area contributed by atoms with Crippen LogP contribution in [0.25, 0.3) is 0 Å². The third-order valence-electron chi connectivity index (χ3n) is 6.13. The predicted octanol–water partition coefficient (Wildman–Crippen LogP) is 3.07. The second-order valence-corrected chi connectivity index (χ2v) is 8.56. The summed E-state index contributed by atoms with van der Waals surface area (Å²) in [6.45, 7) is 3.76. The Hall–Kier alpha value is -4.12. The monoisotopic (exact) mass is 510 g/mol. The Kier molecular flexibility index (Phi) is 8.24. The van der Waals surface area contributed by atoms with Crippen LogP contribution >= 0.6 is 0 Å². The largest absolute Gasteiger partial charge is 0.495 e. The van der Waals surface area contributed by atoms with E-state index in [-0.39, 0.29) is 29.4 Å². The maximum Gasteiger partial charge on any atom is 0.251 e. The van der Waals surface area contributed by atoms with Crippen LogP contribution in [-0.4, -0.2) is 75.3 Å². The lowest BCUT2D eigenvalue weighted by Gasteiger charge is -2.34. The molecule has 1 aromatic heterocycles. The van der Waals surface area contributed by atoms with Crippen LogP contribution in [0.1, 0.15) is 15.9 Å². The van der Waals surface area contributed by atoms with Gasteiger partial charge in [0.2, 0.25) is 5.95 Å². The smallest absolute Gasteiger partial charge is 0.251 e. The van der Waals surface area contributed by atoms with E-state index in [0.29, 0.717) is 11.7 Å². The Balaban J connectivity index is 1.41. The molecule has 196 valence electrons. The third kappa shape index (κ3) is 6.18. The lowest BCUT2D eigenvalue weighted by molar-refractivity contribution is 0.0962. The van der Waals surface area contributed by atoms with Gasteiger partial charge in [-0.3, -0.25) is 4.79 Å². The van der Waals surface area contributed by atoms with Crippen molar-refractivity contribution in [2.45, 2.75) is 6.61 Å². The van der Waals surface area contributed by atoms with E-state index in [1.807, 2.05) is 18.2 Å². The third-order valence-corrected chi connectivity index (χ3v) is 6.13. The van der Waals surface area contributed by atoms with Gasteiger partial charge in [-0.05, 0) is 31.3 Å². The number of carbonyl (C=O) groups is 1. The molecule has 0 aliphatic carbocycles. The first-order chi connectivity index (χ1) is 17.9. The first-order valence-corrected chi connectivity index (χ1v) is 11.8. The van der Waals surface area contributed by atoms with Crippen LogP contribution in [0.3, 0.4) is 0 Å². The number of halogens is 1. The van der Waals surface area contributed by atoms with Crippen molar-refractivity contribution >= 4 is 23.2 Å². The van der Waals surface area contributed by atoms with E-state index in [2.05, 4.69) is 37.4 Å². The molecule has 0 radical (unpaired) electrons. The van der Waals surface area contributed by atoms with Crippen molar-refractivity contribution in [3.8, 4) is 17.2 Å². The molecule has 3 aromatic rings. The molecule has 0 unspecified atom stereocenters. The highest BCUT2D eigenvalue weighted by Crippen LogP contribution is 2.32. The maximum atomic E-state index is 14.7. The number of methoxy groups -OCH3 is 2. The van der Waals surface area contributed by atoms with E-state index in [1.165, 1.54) is 38.7 Å². The standard InChI is InChI=1S/C26H31FN6O4/c1-28-25(34)17-11-18(24(27)23(12-17)36-4)16-37-20-14-29-26(30-15-20)31-19-5-6-21(22(13-19)35-3)33-9-7-32(2)8-10-33/h5-6,11-15H,7-10,16H2,1-4H3,(H,28,34)(H,29,30,31). The zero-order valence-electron chi connectivity index (χ0n) is 21.4. The molecule has 11 heteroatoms. The normalized spacial score (nSPS) is 13.7. The zero-order chi connectivity index (χ0) is 26.4. The van der Waals surface area contributed by atoms with E-state index < -0.39 is 5.82 Å². The van der Waals surface area contributed by atoms with Crippen LogP contribution in [0.2, 0.25) is 0 Å². The molecule has 0 saturated carbocycles. The van der Waals surface area contributed by atoms with E-state index in [1.54, 1.807) is 7.11 Å². The number of aromatic nitrogens is 2. The van der Waals surface area contributed by atoms with Crippen LogP contribution in [0.4, 0.5) is 21.7 Å². The molecule has 1 amide bonds. The lowest BCUT2D eigenvalue weighted by atomic mass is 10.1. The van der Waals surface area contributed by atoms with Crippen molar-refractivity contribution in [2.24, 2.45) is 0 Å². The Morgan fingerprint density at radius 1 is 1.03 bits per heavy atom. The summed E-state index contributed by atoms with van der Waals surface area (Å²) in [4.78, 5) is 25.2. The molecule has 1 fully saturated rings. The van der Waals surface area contributed by atoms with E-state index in [0.717, 1.165) is 43.3 Å². The minimum absolute atomic E-state index is 0.0374. The van der Waals surface area contributed by atoms with Crippen LogP contribution in [-0.2, 0) is 6.61 Å². The molecular weight excluding hydrogens is 479 g/mol. The van der Waals surface area contributed by atoms with Gasteiger partial charge in [-0.2, -0.15) is 0 Å². The molecule has 1 aliphatic rings. The van der Waals surface area contributed by atoms with Gasteiger partial charge in [0.1, 0.15) is 12.4 Å². The minimum atomic E-state index is -0.594. The highest BCUT2D eigenvalue weighted by molar-refractivity contribution is 5.94. The Labute approximate surface area is 215 Å².